The molecular weight excluding hydrogens is 514 g/mol. The number of carbonyl (C=O) groups excluding carboxylic acids is 4. The van der Waals surface area contributed by atoms with Gasteiger partial charge >= 0.3 is 6.03 Å². The monoisotopic (exact) mass is 543 g/mol. The molecule has 2 N–H and O–H groups in total. The Bertz CT molecular complexity index is 1510. The number of amides is 5. The molecule has 1 aliphatic rings. The van der Waals surface area contributed by atoms with Crippen molar-refractivity contribution in [2.24, 2.45) is 0 Å². The van der Waals surface area contributed by atoms with Crippen molar-refractivity contribution >= 4 is 41.2 Å². The van der Waals surface area contributed by atoms with E-state index in [0.29, 0.717) is 40.8 Å². The lowest BCUT2D eigenvalue weighted by Crippen LogP contribution is -2.54. The van der Waals surface area contributed by atoms with E-state index in [4.69, 9.17) is 14.2 Å². The first-order valence-electron chi connectivity index (χ1n) is 12.5. The van der Waals surface area contributed by atoms with Crippen LogP contribution in [0.4, 0.5) is 16.2 Å². The predicted octanol–water partition coefficient (Wildman–Crippen LogP) is 4.39. The summed E-state index contributed by atoms with van der Waals surface area (Å²) in [5.41, 5.74) is 3.01. The number of rotatable bonds is 9. The van der Waals surface area contributed by atoms with Crippen LogP contribution in [0.3, 0.4) is 0 Å². The zero-order chi connectivity index (χ0) is 28.8. The Morgan fingerprint density at radius 1 is 0.925 bits per heavy atom. The molecule has 0 aliphatic carbocycles. The van der Waals surface area contributed by atoms with Gasteiger partial charge in [-0.15, -0.1) is 0 Å². The molecule has 1 aliphatic heterocycles. The normalized spacial score (nSPS) is 14.2. The molecule has 3 aromatic carbocycles. The van der Waals surface area contributed by atoms with Crippen LogP contribution in [0, 0.1) is 13.8 Å². The van der Waals surface area contributed by atoms with E-state index in [-0.39, 0.29) is 12.2 Å². The largest absolute Gasteiger partial charge is 0.495 e. The highest BCUT2D eigenvalue weighted by molar-refractivity contribution is 6.39. The third-order valence-corrected chi connectivity index (χ3v) is 6.17. The van der Waals surface area contributed by atoms with Crippen LogP contribution in [0.2, 0.25) is 0 Å². The Balaban J connectivity index is 1.54. The summed E-state index contributed by atoms with van der Waals surface area (Å²) in [6.07, 6.45) is 1.37. The average Bonchev–Trinajstić information content (AvgIpc) is 2.93. The molecule has 0 saturated carbocycles. The smallest absolute Gasteiger partial charge is 0.335 e. The Kier molecular flexibility index (Phi) is 8.48. The zero-order valence-corrected chi connectivity index (χ0v) is 22.6. The van der Waals surface area contributed by atoms with Gasteiger partial charge in [0, 0.05) is 0 Å². The molecule has 40 heavy (non-hydrogen) atoms. The summed E-state index contributed by atoms with van der Waals surface area (Å²) in [6.45, 7) is 5.58. The molecule has 10 heteroatoms. The molecule has 0 atom stereocenters. The number of anilines is 2. The number of imide groups is 2. The molecule has 0 unspecified atom stereocenters. The minimum atomic E-state index is -0.819. The molecule has 4 rings (SSSR count). The van der Waals surface area contributed by atoms with E-state index >= 15 is 0 Å². The van der Waals surface area contributed by atoms with E-state index in [9.17, 15) is 19.2 Å². The van der Waals surface area contributed by atoms with Gasteiger partial charge in [0.1, 0.15) is 11.3 Å². The van der Waals surface area contributed by atoms with Crippen molar-refractivity contribution in [3.63, 3.8) is 0 Å². The highest BCUT2D eigenvalue weighted by Gasteiger charge is 2.37. The first-order chi connectivity index (χ1) is 19.2. The van der Waals surface area contributed by atoms with E-state index in [1.807, 2.05) is 13.8 Å². The highest BCUT2D eigenvalue weighted by atomic mass is 16.5. The van der Waals surface area contributed by atoms with Gasteiger partial charge in [-0.3, -0.25) is 19.7 Å². The van der Waals surface area contributed by atoms with Gasteiger partial charge in [0.15, 0.2) is 18.1 Å². The summed E-state index contributed by atoms with van der Waals surface area (Å²) in [4.78, 5) is 51.8. The Hall–Kier alpha value is -5.12. The second-order valence-corrected chi connectivity index (χ2v) is 8.90. The molecule has 206 valence electrons. The maximum Gasteiger partial charge on any atom is 0.335 e. The predicted molar refractivity (Wildman–Crippen MR) is 150 cm³/mol. The Morgan fingerprint density at radius 3 is 2.42 bits per heavy atom. The van der Waals surface area contributed by atoms with Gasteiger partial charge < -0.3 is 19.5 Å². The van der Waals surface area contributed by atoms with E-state index in [0.717, 1.165) is 16.0 Å². The summed E-state index contributed by atoms with van der Waals surface area (Å²) in [6, 6.07) is 16.1. The molecule has 5 amide bonds. The molecule has 3 aromatic rings. The van der Waals surface area contributed by atoms with Crippen molar-refractivity contribution in [2.75, 3.05) is 30.5 Å². The fourth-order valence-corrected chi connectivity index (χ4v) is 4.00. The Labute approximate surface area is 231 Å². The van der Waals surface area contributed by atoms with Crippen LogP contribution in [0.1, 0.15) is 23.6 Å². The zero-order valence-electron chi connectivity index (χ0n) is 22.6. The second-order valence-electron chi connectivity index (χ2n) is 8.90. The fourth-order valence-electron chi connectivity index (χ4n) is 4.00. The van der Waals surface area contributed by atoms with Crippen LogP contribution in [0.25, 0.3) is 6.08 Å². The van der Waals surface area contributed by atoms with Crippen molar-refractivity contribution in [1.29, 1.82) is 0 Å². The van der Waals surface area contributed by atoms with Gasteiger partial charge in [-0.1, -0.05) is 24.3 Å². The van der Waals surface area contributed by atoms with Crippen molar-refractivity contribution in [1.82, 2.24) is 5.32 Å². The number of hydrogen-bond acceptors (Lipinski definition) is 7. The molecule has 1 fully saturated rings. The van der Waals surface area contributed by atoms with Crippen LogP contribution < -0.4 is 29.7 Å². The minimum absolute atomic E-state index is 0.217. The molecule has 10 nitrogen and oxygen atoms in total. The second kappa shape index (κ2) is 12.2. The minimum Gasteiger partial charge on any atom is -0.495 e. The number of ether oxygens (including phenoxy) is 3. The maximum absolute atomic E-state index is 13.3. The third-order valence-electron chi connectivity index (χ3n) is 6.17. The number of hydrogen-bond donors (Lipinski definition) is 2. The van der Waals surface area contributed by atoms with Crippen molar-refractivity contribution in [3.8, 4) is 17.2 Å². The average molecular weight is 544 g/mol. The van der Waals surface area contributed by atoms with Crippen molar-refractivity contribution in [2.45, 2.75) is 20.8 Å². The van der Waals surface area contributed by atoms with Crippen LogP contribution in [-0.4, -0.2) is 44.1 Å². The number of nitrogens with zero attached hydrogens (tertiary/aromatic N) is 1. The van der Waals surface area contributed by atoms with Crippen molar-refractivity contribution < 1.29 is 33.4 Å². The first-order valence-corrected chi connectivity index (χ1v) is 12.5. The van der Waals surface area contributed by atoms with Crippen LogP contribution in [0.5, 0.6) is 17.2 Å². The SMILES string of the molecule is CCOc1cc(/C=C2/C(=O)NC(=O)N(c3ccc(C)c(C)c3)C2=O)ccc1OCC(=O)Nc1ccccc1OC. The molecule has 0 radical (unpaired) electrons. The van der Waals surface area contributed by atoms with Crippen LogP contribution in [0.15, 0.2) is 66.2 Å². The summed E-state index contributed by atoms with van der Waals surface area (Å²) < 4.78 is 16.6. The standard InChI is InChI=1S/C30H29N3O7/c1-5-39-26-16-20(11-13-25(26)40-17-27(34)31-23-8-6-7-9-24(23)38-4)15-22-28(35)32-30(37)33(29(22)36)21-12-10-18(2)19(3)14-21/h6-16H,5,17H2,1-4H3,(H,31,34)(H,32,35,37)/b22-15-. The number of methoxy groups -OCH3 is 1. The van der Waals surface area contributed by atoms with E-state index in [1.165, 1.54) is 13.2 Å². The molecule has 0 spiro atoms. The number of barbiturate groups is 1. The topological polar surface area (TPSA) is 123 Å². The molecule has 1 saturated heterocycles. The van der Waals surface area contributed by atoms with E-state index in [1.54, 1.807) is 67.6 Å². The van der Waals surface area contributed by atoms with E-state index < -0.39 is 23.8 Å². The summed E-state index contributed by atoms with van der Waals surface area (Å²) in [5, 5.41) is 4.96. The van der Waals surface area contributed by atoms with Gasteiger partial charge in [0.2, 0.25) is 0 Å². The number of urea groups is 1. The lowest BCUT2D eigenvalue weighted by atomic mass is 10.0. The number of para-hydroxylation sites is 2. The molecule has 0 aromatic heterocycles. The lowest BCUT2D eigenvalue weighted by molar-refractivity contribution is -0.122. The maximum atomic E-state index is 13.3. The number of nitrogens with one attached hydrogen (secondary N) is 2. The van der Waals surface area contributed by atoms with Gasteiger partial charge in [-0.05, 0) is 79.9 Å². The van der Waals surface area contributed by atoms with Crippen molar-refractivity contribution in [3.05, 3.63) is 82.9 Å². The van der Waals surface area contributed by atoms with Crippen LogP contribution in [-0.2, 0) is 14.4 Å². The van der Waals surface area contributed by atoms with Crippen LogP contribution >= 0.6 is 0 Å². The number of carbonyl (C=O) groups is 4. The molecule has 0 bridgehead atoms. The summed E-state index contributed by atoms with van der Waals surface area (Å²) in [7, 11) is 1.51. The van der Waals surface area contributed by atoms with Gasteiger partial charge in [-0.2, -0.15) is 0 Å². The Morgan fingerprint density at radius 2 is 1.70 bits per heavy atom. The van der Waals surface area contributed by atoms with E-state index in [2.05, 4.69) is 10.6 Å². The van der Waals surface area contributed by atoms with Gasteiger partial charge in [-0.25, -0.2) is 9.69 Å². The third kappa shape index (κ3) is 6.12. The summed E-state index contributed by atoms with van der Waals surface area (Å²) in [5.74, 6) is -0.830. The first kappa shape index (κ1) is 27.9. The number of aryl methyl sites for hydroxylation is 2. The highest BCUT2D eigenvalue weighted by Crippen LogP contribution is 2.31. The van der Waals surface area contributed by atoms with Gasteiger partial charge in [0.25, 0.3) is 17.7 Å². The molecule has 1 heterocycles. The summed E-state index contributed by atoms with van der Waals surface area (Å²) >= 11 is 0. The molecular formula is C30H29N3O7. The fraction of sp³-hybridized carbons (Fsp3) is 0.200. The van der Waals surface area contributed by atoms with Gasteiger partial charge in [0.05, 0.1) is 25.1 Å². The quantitative estimate of drug-likeness (QED) is 0.303. The lowest BCUT2D eigenvalue weighted by Gasteiger charge is -2.27. The number of benzene rings is 3.